The molecule has 1 heterocycles. The van der Waals surface area contributed by atoms with Gasteiger partial charge in [-0.1, -0.05) is 66.2 Å². The average molecular weight is 447 g/mol. The molecule has 1 aromatic carbocycles. The SMILES string of the molecule is CSc1ccc(-c2nc(NCC3(N)CCCCC3)nc(C(Cl)(Cl)Cl)n2)cc1. The second kappa shape index (κ2) is 8.70. The summed E-state index contributed by atoms with van der Waals surface area (Å²) in [7, 11) is 0. The van der Waals surface area contributed by atoms with Crippen LogP contribution < -0.4 is 11.1 Å². The zero-order valence-corrected chi connectivity index (χ0v) is 18.1. The molecule has 0 amide bonds. The first-order valence-electron chi connectivity index (χ1n) is 8.80. The van der Waals surface area contributed by atoms with Gasteiger partial charge in [0, 0.05) is 22.5 Å². The molecule has 0 saturated heterocycles. The molecule has 27 heavy (non-hydrogen) atoms. The Morgan fingerprint density at radius 3 is 2.33 bits per heavy atom. The number of hydrogen-bond donors (Lipinski definition) is 2. The number of anilines is 1. The van der Waals surface area contributed by atoms with Gasteiger partial charge < -0.3 is 11.1 Å². The highest BCUT2D eigenvalue weighted by Gasteiger charge is 2.30. The lowest BCUT2D eigenvalue weighted by Crippen LogP contribution is -2.47. The lowest BCUT2D eigenvalue weighted by atomic mass is 9.82. The van der Waals surface area contributed by atoms with Crippen LogP contribution in [0.15, 0.2) is 29.2 Å². The summed E-state index contributed by atoms with van der Waals surface area (Å²) in [5.74, 6) is 0.908. The third-order valence-electron chi connectivity index (χ3n) is 4.69. The van der Waals surface area contributed by atoms with E-state index < -0.39 is 3.79 Å². The van der Waals surface area contributed by atoms with Crippen molar-refractivity contribution >= 4 is 52.5 Å². The topological polar surface area (TPSA) is 76.7 Å². The van der Waals surface area contributed by atoms with Crippen LogP contribution in [0.2, 0.25) is 0 Å². The fraction of sp³-hybridized carbons (Fsp3) is 0.500. The fourth-order valence-electron chi connectivity index (χ4n) is 3.14. The van der Waals surface area contributed by atoms with Gasteiger partial charge in [-0.15, -0.1) is 11.8 Å². The molecular weight excluding hydrogens is 425 g/mol. The van der Waals surface area contributed by atoms with Crippen molar-refractivity contribution in [2.75, 3.05) is 18.1 Å². The zero-order chi connectivity index (χ0) is 19.5. The highest BCUT2D eigenvalue weighted by atomic mass is 35.6. The van der Waals surface area contributed by atoms with Crippen LogP contribution in [0, 0.1) is 0 Å². The molecule has 1 aromatic heterocycles. The van der Waals surface area contributed by atoms with E-state index in [1.807, 2.05) is 30.5 Å². The maximum Gasteiger partial charge on any atom is 0.250 e. The van der Waals surface area contributed by atoms with E-state index in [0.717, 1.165) is 36.1 Å². The Labute approximate surface area is 178 Å². The predicted molar refractivity (Wildman–Crippen MR) is 115 cm³/mol. The number of nitrogens with two attached hydrogens (primary N) is 1. The molecule has 2 aromatic rings. The van der Waals surface area contributed by atoms with Gasteiger partial charge in [0.25, 0.3) is 0 Å². The molecule has 1 fully saturated rings. The summed E-state index contributed by atoms with van der Waals surface area (Å²) in [4.78, 5) is 14.3. The number of alkyl halides is 3. The van der Waals surface area contributed by atoms with E-state index in [4.69, 9.17) is 40.5 Å². The number of nitrogens with zero attached hydrogens (tertiary/aromatic N) is 3. The lowest BCUT2D eigenvalue weighted by molar-refractivity contribution is 0.310. The zero-order valence-electron chi connectivity index (χ0n) is 15.0. The Morgan fingerprint density at radius 1 is 1.07 bits per heavy atom. The van der Waals surface area contributed by atoms with E-state index in [1.54, 1.807) is 11.8 Å². The molecule has 1 aliphatic rings. The molecule has 146 valence electrons. The Hall–Kier alpha value is -0.790. The van der Waals surface area contributed by atoms with Crippen molar-refractivity contribution in [3.8, 4) is 11.4 Å². The highest BCUT2D eigenvalue weighted by Crippen LogP contribution is 2.37. The van der Waals surface area contributed by atoms with Crippen LogP contribution in [0.25, 0.3) is 11.4 Å². The van der Waals surface area contributed by atoms with Gasteiger partial charge in [0.05, 0.1) is 0 Å². The summed E-state index contributed by atoms with van der Waals surface area (Å²) in [6, 6.07) is 7.89. The molecule has 0 atom stereocenters. The number of aromatic nitrogens is 3. The van der Waals surface area contributed by atoms with Crippen LogP contribution in [0.5, 0.6) is 0 Å². The first kappa shape index (κ1) is 20.9. The molecule has 9 heteroatoms. The van der Waals surface area contributed by atoms with Gasteiger partial charge in [0.15, 0.2) is 11.6 Å². The monoisotopic (exact) mass is 445 g/mol. The van der Waals surface area contributed by atoms with Gasteiger partial charge in [-0.05, 0) is 31.2 Å². The Morgan fingerprint density at radius 2 is 1.74 bits per heavy atom. The van der Waals surface area contributed by atoms with E-state index in [1.165, 1.54) is 6.42 Å². The van der Waals surface area contributed by atoms with Gasteiger partial charge in [0.1, 0.15) is 0 Å². The summed E-state index contributed by atoms with van der Waals surface area (Å²) in [6.07, 6.45) is 7.49. The van der Waals surface area contributed by atoms with E-state index >= 15 is 0 Å². The molecule has 3 rings (SSSR count). The van der Waals surface area contributed by atoms with Gasteiger partial charge in [0.2, 0.25) is 9.74 Å². The molecule has 0 bridgehead atoms. The van der Waals surface area contributed by atoms with Crippen molar-refractivity contribution in [2.24, 2.45) is 5.73 Å². The maximum atomic E-state index is 6.50. The molecule has 1 saturated carbocycles. The second-order valence-electron chi connectivity index (χ2n) is 6.81. The Bertz CT molecular complexity index is 774. The Kier molecular flexibility index (Phi) is 6.75. The summed E-state index contributed by atoms with van der Waals surface area (Å²) in [5, 5.41) is 3.23. The van der Waals surface area contributed by atoms with Crippen LogP contribution in [0.3, 0.4) is 0 Å². The van der Waals surface area contributed by atoms with Crippen molar-refractivity contribution in [1.29, 1.82) is 0 Å². The van der Waals surface area contributed by atoms with E-state index in [0.29, 0.717) is 18.3 Å². The molecule has 0 aliphatic heterocycles. The summed E-state index contributed by atoms with van der Waals surface area (Å²) >= 11 is 19.8. The number of rotatable bonds is 5. The number of thioether (sulfide) groups is 1. The van der Waals surface area contributed by atoms with Crippen LogP contribution in [-0.2, 0) is 3.79 Å². The fourth-order valence-corrected chi connectivity index (χ4v) is 3.80. The van der Waals surface area contributed by atoms with Crippen molar-refractivity contribution in [1.82, 2.24) is 15.0 Å². The minimum atomic E-state index is -1.74. The first-order chi connectivity index (χ1) is 12.8. The molecule has 1 aliphatic carbocycles. The lowest BCUT2D eigenvalue weighted by Gasteiger charge is -2.33. The number of benzene rings is 1. The van der Waals surface area contributed by atoms with Crippen molar-refractivity contribution in [3.63, 3.8) is 0 Å². The smallest absolute Gasteiger partial charge is 0.250 e. The maximum absolute atomic E-state index is 6.50. The van der Waals surface area contributed by atoms with Crippen molar-refractivity contribution in [2.45, 2.75) is 46.3 Å². The third-order valence-corrected chi connectivity index (χ3v) is 5.94. The predicted octanol–water partition coefficient (Wildman–Crippen LogP) is 5.16. The minimum absolute atomic E-state index is 0.0867. The van der Waals surface area contributed by atoms with Gasteiger partial charge in [-0.2, -0.15) is 9.97 Å². The van der Waals surface area contributed by atoms with E-state index in [2.05, 4.69) is 20.3 Å². The van der Waals surface area contributed by atoms with Crippen LogP contribution in [-0.4, -0.2) is 33.3 Å². The van der Waals surface area contributed by atoms with Gasteiger partial charge in [-0.3, -0.25) is 0 Å². The number of halogens is 3. The average Bonchev–Trinajstić information content (AvgIpc) is 2.66. The molecular formula is C18H22Cl3N5S. The van der Waals surface area contributed by atoms with E-state index in [9.17, 15) is 0 Å². The molecule has 3 N–H and O–H groups in total. The van der Waals surface area contributed by atoms with Crippen molar-refractivity contribution in [3.05, 3.63) is 30.1 Å². The molecule has 0 radical (unpaired) electrons. The summed E-state index contributed by atoms with van der Waals surface area (Å²) < 4.78 is -1.74. The molecule has 5 nitrogen and oxygen atoms in total. The minimum Gasteiger partial charge on any atom is -0.352 e. The largest absolute Gasteiger partial charge is 0.352 e. The first-order valence-corrected chi connectivity index (χ1v) is 11.2. The van der Waals surface area contributed by atoms with Gasteiger partial charge in [-0.25, -0.2) is 4.98 Å². The van der Waals surface area contributed by atoms with Gasteiger partial charge >= 0.3 is 0 Å². The number of hydrogen-bond acceptors (Lipinski definition) is 6. The number of nitrogens with one attached hydrogen (secondary N) is 1. The normalized spacial score (nSPS) is 16.9. The Balaban J connectivity index is 1.88. The van der Waals surface area contributed by atoms with Crippen LogP contribution in [0.4, 0.5) is 5.95 Å². The van der Waals surface area contributed by atoms with Crippen molar-refractivity contribution < 1.29 is 0 Å². The van der Waals surface area contributed by atoms with Crippen LogP contribution >= 0.6 is 46.6 Å². The third kappa shape index (κ3) is 5.61. The highest BCUT2D eigenvalue weighted by molar-refractivity contribution is 7.98. The quantitative estimate of drug-likeness (QED) is 0.488. The summed E-state index contributed by atoms with van der Waals surface area (Å²) in [6.45, 7) is 0.571. The summed E-state index contributed by atoms with van der Waals surface area (Å²) in [5.41, 5.74) is 7.07. The van der Waals surface area contributed by atoms with E-state index in [-0.39, 0.29) is 11.4 Å². The second-order valence-corrected chi connectivity index (χ2v) is 9.97. The standard InChI is InChI=1S/C18H22Cl3N5S/c1-27-13-7-5-12(6-8-13)14-24-15(18(19,20)21)26-16(25-14)23-11-17(22)9-3-2-4-10-17/h5-8H,2-4,9-11,22H2,1H3,(H,23,24,25,26). The molecule has 0 spiro atoms. The van der Waals surface area contributed by atoms with Crippen LogP contribution in [0.1, 0.15) is 37.9 Å². The molecule has 0 unspecified atom stereocenters.